The lowest BCUT2D eigenvalue weighted by molar-refractivity contribution is 0.333. The molecule has 4 nitrogen and oxygen atoms in total. The van der Waals surface area contributed by atoms with Crippen LogP contribution in [0.4, 0.5) is 0 Å². The van der Waals surface area contributed by atoms with Crippen LogP contribution in [0.5, 0.6) is 5.95 Å². The summed E-state index contributed by atoms with van der Waals surface area (Å²) in [6.07, 6.45) is 2.47. The fourth-order valence-electron chi connectivity index (χ4n) is 2.62. The highest BCUT2D eigenvalue weighted by atomic mass is 16.5. The lowest BCUT2D eigenvalue weighted by atomic mass is 10.1. The monoisotopic (exact) mass is 290 g/mol. The quantitative estimate of drug-likeness (QED) is 0.596. The van der Waals surface area contributed by atoms with Gasteiger partial charge in [-0.2, -0.15) is 0 Å². The highest BCUT2D eigenvalue weighted by Crippen LogP contribution is 2.29. The van der Waals surface area contributed by atoms with Crippen molar-refractivity contribution in [3.8, 4) is 17.4 Å². The number of aromatic hydroxyl groups is 1. The van der Waals surface area contributed by atoms with Crippen LogP contribution < -0.4 is 0 Å². The molecule has 0 radical (unpaired) electrons. The van der Waals surface area contributed by atoms with E-state index in [4.69, 9.17) is 4.42 Å². The largest absolute Gasteiger partial charge is 0.479 e. The molecular formula is C18H14N2O2. The number of aromatic amines is 1. The van der Waals surface area contributed by atoms with Gasteiger partial charge >= 0.3 is 5.95 Å². The number of para-hydroxylation sites is 1. The number of aromatic nitrogens is 2. The van der Waals surface area contributed by atoms with E-state index in [-0.39, 0.29) is 5.95 Å². The zero-order valence-corrected chi connectivity index (χ0v) is 11.8. The van der Waals surface area contributed by atoms with Crippen LogP contribution in [0.15, 0.2) is 65.2 Å². The van der Waals surface area contributed by atoms with E-state index in [0.717, 1.165) is 22.0 Å². The molecule has 2 aromatic heterocycles. The summed E-state index contributed by atoms with van der Waals surface area (Å²) < 4.78 is 5.40. The second kappa shape index (κ2) is 5.07. The minimum Gasteiger partial charge on any atom is -0.479 e. The van der Waals surface area contributed by atoms with Gasteiger partial charge < -0.3 is 14.5 Å². The Balaban J connectivity index is 1.70. The first-order valence-corrected chi connectivity index (χ1v) is 7.10. The van der Waals surface area contributed by atoms with E-state index in [1.807, 2.05) is 54.7 Å². The molecule has 0 unspecified atom stereocenters. The fourth-order valence-corrected chi connectivity index (χ4v) is 2.62. The van der Waals surface area contributed by atoms with Crippen LogP contribution in [0.1, 0.15) is 11.3 Å². The third kappa shape index (κ3) is 2.15. The number of H-pyrrole nitrogens is 1. The van der Waals surface area contributed by atoms with Crippen molar-refractivity contribution >= 4 is 10.9 Å². The number of oxazole rings is 1. The Morgan fingerprint density at radius 2 is 1.77 bits per heavy atom. The third-order valence-electron chi connectivity index (χ3n) is 3.73. The highest BCUT2D eigenvalue weighted by molar-refractivity contribution is 5.83. The van der Waals surface area contributed by atoms with Crippen molar-refractivity contribution in [2.75, 3.05) is 0 Å². The summed E-state index contributed by atoms with van der Waals surface area (Å²) in [5, 5.41) is 11.2. The normalized spacial score (nSPS) is 11.1. The lowest BCUT2D eigenvalue weighted by Gasteiger charge is -1.95. The summed E-state index contributed by atoms with van der Waals surface area (Å²) in [6.45, 7) is 0. The molecule has 0 aliphatic heterocycles. The van der Waals surface area contributed by atoms with Gasteiger partial charge in [-0.05, 0) is 23.8 Å². The molecule has 0 atom stereocenters. The number of hydrogen-bond acceptors (Lipinski definition) is 3. The Labute approximate surface area is 127 Å². The van der Waals surface area contributed by atoms with Gasteiger partial charge in [-0.1, -0.05) is 36.4 Å². The van der Waals surface area contributed by atoms with Crippen LogP contribution in [-0.2, 0) is 6.42 Å². The standard InChI is InChI=1S/C18H14N2O2/c21-18-16(20-17(22-18)12-6-2-1-3-7-12)10-13-11-19-15-9-5-4-8-14(13)15/h1-9,11,19,21H,10H2. The summed E-state index contributed by atoms with van der Waals surface area (Å²) in [5.41, 5.74) is 3.55. The van der Waals surface area contributed by atoms with Crippen LogP contribution in [0.3, 0.4) is 0 Å². The number of fused-ring (bicyclic) bond motifs is 1. The molecule has 22 heavy (non-hydrogen) atoms. The van der Waals surface area contributed by atoms with Crippen molar-refractivity contribution in [1.29, 1.82) is 0 Å². The van der Waals surface area contributed by atoms with Crippen molar-refractivity contribution in [3.05, 3.63) is 72.1 Å². The van der Waals surface area contributed by atoms with Crippen LogP contribution in [0, 0.1) is 0 Å². The number of benzene rings is 2. The molecule has 4 heteroatoms. The number of rotatable bonds is 3. The van der Waals surface area contributed by atoms with E-state index in [0.29, 0.717) is 18.0 Å². The van der Waals surface area contributed by atoms with Crippen molar-refractivity contribution in [2.24, 2.45) is 0 Å². The molecule has 108 valence electrons. The number of hydrogen-bond donors (Lipinski definition) is 2. The lowest BCUT2D eigenvalue weighted by Crippen LogP contribution is -1.88. The Morgan fingerprint density at radius 3 is 2.64 bits per heavy atom. The smallest absolute Gasteiger partial charge is 0.306 e. The van der Waals surface area contributed by atoms with E-state index in [9.17, 15) is 5.11 Å². The van der Waals surface area contributed by atoms with Crippen LogP contribution >= 0.6 is 0 Å². The molecule has 4 aromatic rings. The molecule has 0 aliphatic rings. The molecule has 4 rings (SSSR count). The molecular weight excluding hydrogens is 276 g/mol. The Kier molecular flexibility index (Phi) is 2.93. The fraction of sp³-hybridized carbons (Fsp3) is 0.0556. The highest BCUT2D eigenvalue weighted by Gasteiger charge is 2.15. The van der Waals surface area contributed by atoms with Gasteiger partial charge in [0.05, 0.1) is 0 Å². The summed E-state index contributed by atoms with van der Waals surface area (Å²) in [6, 6.07) is 17.6. The number of nitrogens with zero attached hydrogens (tertiary/aromatic N) is 1. The topological polar surface area (TPSA) is 62.1 Å². The maximum Gasteiger partial charge on any atom is 0.306 e. The molecule has 0 spiro atoms. The van der Waals surface area contributed by atoms with Crippen molar-refractivity contribution in [2.45, 2.75) is 6.42 Å². The van der Waals surface area contributed by atoms with Gasteiger partial charge in [0.2, 0.25) is 5.89 Å². The van der Waals surface area contributed by atoms with Gasteiger partial charge in [0.15, 0.2) is 0 Å². The first-order valence-electron chi connectivity index (χ1n) is 7.10. The summed E-state index contributed by atoms with van der Waals surface area (Å²) in [7, 11) is 0. The van der Waals surface area contributed by atoms with Crippen molar-refractivity contribution < 1.29 is 9.52 Å². The van der Waals surface area contributed by atoms with Gasteiger partial charge in [0.1, 0.15) is 5.69 Å². The molecule has 0 bridgehead atoms. The molecule has 0 fully saturated rings. The average Bonchev–Trinajstić information content (AvgIpc) is 3.13. The maximum atomic E-state index is 10.0. The molecule has 0 saturated heterocycles. The van der Waals surface area contributed by atoms with E-state index < -0.39 is 0 Å². The van der Waals surface area contributed by atoms with Crippen LogP contribution in [0.25, 0.3) is 22.4 Å². The van der Waals surface area contributed by atoms with Gasteiger partial charge in [0.25, 0.3) is 0 Å². The predicted octanol–water partition coefficient (Wildman–Crippen LogP) is 4.12. The molecule has 0 amide bonds. The van der Waals surface area contributed by atoms with Gasteiger partial charge in [-0.3, -0.25) is 0 Å². The van der Waals surface area contributed by atoms with E-state index >= 15 is 0 Å². The van der Waals surface area contributed by atoms with Gasteiger partial charge in [-0.15, -0.1) is 0 Å². The third-order valence-corrected chi connectivity index (χ3v) is 3.73. The first kappa shape index (κ1) is 12.7. The zero-order valence-electron chi connectivity index (χ0n) is 11.8. The molecule has 0 aliphatic carbocycles. The number of nitrogens with one attached hydrogen (secondary N) is 1. The zero-order chi connectivity index (χ0) is 14.9. The van der Waals surface area contributed by atoms with Gasteiger partial charge in [-0.25, -0.2) is 4.98 Å². The predicted molar refractivity (Wildman–Crippen MR) is 84.7 cm³/mol. The van der Waals surface area contributed by atoms with E-state index in [1.54, 1.807) is 0 Å². The molecule has 2 heterocycles. The minimum absolute atomic E-state index is 0.121. The Bertz CT molecular complexity index is 923. The molecule has 0 saturated carbocycles. The maximum absolute atomic E-state index is 10.0. The van der Waals surface area contributed by atoms with Crippen LogP contribution in [0.2, 0.25) is 0 Å². The van der Waals surface area contributed by atoms with Gasteiger partial charge in [0, 0.05) is 29.1 Å². The van der Waals surface area contributed by atoms with E-state index in [1.165, 1.54) is 0 Å². The Hall–Kier alpha value is -3.01. The van der Waals surface area contributed by atoms with E-state index in [2.05, 4.69) is 16.0 Å². The summed E-state index contributed by atoms with van der Waals surface area (Å²) in [5.74, 6) is 0.317. The summed E-state index contributed by atoms with van der Waals surface area (Å²) >= 11 is 0. The first-order chi connectivity index (χ1) is 10.8. The average molecular weight is 290 g/mol. The second-order valence-corrected chi connectivity index (χ2v) is 5.17. The Morgan fingerprint density at radius 1 is 1.00 bits per heavy atom. The second-order valence-electron chi connectivity index (χ2n) is 5.17. The molecule has 2 aromatic carbocycles. The minimum atomic E-state index is -0.121. The van der Waals surface area contributed by atoms with Crippen molar-refractivity contribution in [3.63, 3.8) is 0 Å². The summed E-state index contributed by atoms with van der Waals surface area (Å²) in [4.78, 5) is 7.66. The van der Waals surface area contributed by atoms with Crippen molar-refractivity contribution in [1.82, 2.24) is 9.97 Å². The van der Waals surface area contributed by atoms with Crippen LogP contribution in [-0.4, -0.2) is 15.1 Å². The SMILES string of the molecule is Oc1oc(-c2ccccc2)nc1Cc1c[nH]c2ccccc12. The molecule has 2 N–H and O–H groups in total.